The Balaban J connectivity index is 2.17. The standard InChI is InChI=1S/C10H13N3O/c1-13-9(5-6-12-13)8-3-4-10(14-2)11-7-8/h3-4,6-7,9H,5H2,1-2H3. The van der Waals surface area contributed by atoms with E-state index in [4.69, 9.17) is 4.74 Å². The number of hydrogen-bond acceptors (Lipinski definition) is 4. The summed E-state index contributed by atoms with van der Waals surface area (Å²) in [5, 5.41) is 6.13. The van der Waals surface area contributed by atoms with Crippen molar-refractivity contribution in [2.24, 2.45) is 5.10 Å². The molecular weight excluding hydrogens is 178 g/mol. The van der Waals surface area contributed by atoms with Gasteiger partial charge < -0.3 is 4.74 Å². The molecule has 0 bridgehead atoms. The van der Waals surface area contributed by atoms with Gasteiger partial charge in [0.25, 0.3) is 0 Å². The minimum Gasteiger partial charge on any atom is -0.481 e. The van der Waals surface area contributed by atoms with E-state index in [2.05, 4.69) is 10.1 Å². The second kappa shape index (κ2) is 3.65. The number of aromatic nitrogens is 1. The lowest BCUT2D eigenvalue weighted by Gasteiger charge is -2.18. The highest BCUT2D eigenvalue weighted by Gasteiger charge is 2.19. The van der Waals surface area contributed by atoms with E-state index in [0.717, 1.165) is 6.42 Å². The van der Waals surface area contributed by atoms with Crippen molar-refractivity contribution >= 4 is 6.21 Å². The van der Waals surface area contributed by atoms with Crippen LogP contribution in [0.3, 0.4) is 0 Å². The van der Waals surface area contributed by atoms with E-state index in [1.807, 2.05) is 36.6 Å². The first-order valence-electron chi connectivity index (χ1n) is 4.56. The van der Waals surface area contributed by atoms with E-state index in [1.54, 1.807) is 7.11 Å². The van der Waals surface area contributed by atoms with Crippen LogP contribution in [0.4, 0.5) is 0 Å². The van der Waals surface area contributed by atoms with E-state index in [9.17, 15) is 0 Å². The van der Waals surface area contributed by atoms with Crippen LogP contribution in [0.2, 0.25) is 0 Å². The normalized spacial score (nSPS) is 20.1. The maximum Gasteiger partial charge on any atom is 0.212 e. The van der Waals surface area contributed by atoms with E-state index < -0.39 is 0 Å². The van der Waals surface area contributed by atoms with Crippen LogP contribution >= 0.6 is 0 Å². The summed E-state index contributed by atoms with van der Waals surface area (Å²) in [4.78, 5) is 4.17. The fourth-order valence-corrected chi connectivity index (χ4v) is 1.57. The monoisotopic (exact) mass is 191 g/mol. The third-order valence-corrected chi connectivity index (χ3v) is 2.40. The Labute approximate surface area is 83.2 Å². The molecule has 0 radical (unpaired) electrons. The molecule has 0 aliphatic carbocycles. The van der Waals surface area contributed by atoms with Crippen LogP contribution in [-0.2, 0) is 0 Å². The Morgan fingerprint density at radius 1 is 1.50 bits per heavy atom. The van der Waals surface area contributed by atoms with E-state index in [1.165, 1.54) is 5.56 Å². The number of pyridine rings is 1. The van der Waals surface area contributed by atoms with Crippen LogP contribution in [0.25, 0.3) is 0 Å². The van der Waals surface area contributed by atoms with Crippen LogP contribution in [0, 0.1) is 0 Å². The van der Waals surface area contributed by atoms with Crippen LogP contribution in [-0.4, -0.2) is 30.4 Å². The SMILES string of the molecule is COc1ccc(C2CC=NN2C)cn1. The summed E-state index contributed by atoms with van der Waals surface area (Å²) in [5.74, 6) is 0.648. The summed E-state index contributed by atoms with van der Waals surface area (Å²) in [7, 11) is 3.59. The van der Waals surface area contributed by atoms with Crippen molar-refractivity contribution in [2.45, 2.75) is 12.5 Å². The molecule has 1 aromatic rings. The lowest BCUT2D eigenvalue weighted by molar-refractivity contribution is 0.289. The molecule has 0 fully saturated rings. The first kappa shape index (κ1) is 8.99. The second-order valence-corrected chi connectivity index (χ2v) is 3.26. The quantitative estimate of drug-likeness (QED) is 0.710. The highest BCUT2D eigenvalue weighted by molar-refractivity contribution is 5.60. The molecule has 0 spiro atoms. The Kier molecular flexibility index (Phi) is 2.35. The fraction of sp³-hybridized carbons (Fsp3) is 0.400. The summed E-state index contributed by atoms with van der Waals surface area (Å²) in [6, 6.07) is 4.23. The lowest BCUT2D eigenvalue weighted by atomic mass is 10.1. The van der Waals surface area contributed by atoms with Gasteiger partial charge >= 0.3 is 0 Å². The first-order chi connectivity index (χ1) is 6.81. The molecule has 1 unspecified atom stereocenters. The molecule has 1 aromatic heterocycles. The molecule has 1 aliphatic heterocycles. The lowest BCUT2D eigenvalue weighted by Crippen LogP contribution is -2.13. The van der Waals surface area contributed by atoms with Crippen molar-refractivity contribution in [1.82, 2.24) is 9.99 Å². The number of hydrazone groups is 1. The topological polar surface area (TPSA) is 37.7 Å². The van der Waals surface area contributed by atoms with Gasteiger partial charge in [0, 0.05) is 31.9 Å². The third kappa shape index (κ3) is 1.55. The molecule has 0 N–H and O–H groups in total. The predicted octanol–water partition coefficient (Wildman–Crippen LogP) is 1.45. The van der Waals surface area contributed by atoms with Gasteiger partial charge in [-0.3, -0.25) is 5.01 Å². The largest absolute Gasteiger partial charge is 0.481 e. The third-order valence-electron chi connectivity index (χ3n) is 2.40. The van der Waals surface area contributed by atoms with Crippen LogP contribution in [0.15, 0.2) is 23.4 Å². The van der Waals surface area contributed by atoms with E-state index in [0.29, 0.717) is 11.9 Å². The van der Waals surface area contributed by atoms with Gasteiger partial charge in [-0.2, -0.15) is 5.10 Å². The summed E-state index contributed by atoms with van der Waals surface area (Å²) in [6.07, 6.45) is 4.72. The fourth-order valence-electron chi connectivity index (χ4n) is 1.57. The molecule has 0 saturated heterocycles. The summed E-state index contributed by atoms with van der Waals surface area (Å²) >= 11 is 0. The van der Waals surface area contributed by atoms with Crippen LogP contribution in [0.5, 0.6) is 5.88 Å². The van der Waals surface area contributed by atoms with Crippen LogP contribution in [0.1, 0.15) is 18.0 Å². The molecule has 4 nitrogen and oxygen atoms in total. The average molecular weight is 191 g/mol. The van der Waals surface area contributed by atoms with E-state index >= 15 is 0 Å². The number of rotatable bonds is 2. The molecule has 1 atom stereocenters. The maximum absolute atomic E-state index is 5.00. The van der Waals surface area contributed by atoms with Crippen molar-refractivity contribution < 1.29 is 4.74 Å². The Morgan fingerprint density at radius 3 is 2.86 bits per heavy atom. The number of nitrogens with zero attached hydrogens (tertiary/aromatic N) is 3. The van der Waals surface area contributed by atoms with Gasteiger partial charge in [0.2, 0.25) is 5.88 Å². The zero-order chi connectivity index (χ0) is 9.97. The Morgan fingerprint density at radius 2 is 2.36 bits per heavy atom. The molecule has 0 amide bonds. The summed E-state index contributed by atoms with van der Waals surface area (Å²) in [5.41, 5.74) is 1.17. The zero-order valence-electron chi connectivity index (χ0n) is 8.34. The molecule has 0 saturated carbocycles. The van der Waals surface area contributed by atoms with Gasteiger partial charge in [0.15, 0.2) is 0 Å². The molecule has 4 heteroatoms. The number of hydrogen-bond donors (Lipinski definition) is 0. The predicted molar refractivity (Wildman–Crippen MR) is 54.4 cm³/mol. The molecule has 2 rings (SSSR count). The molecule has 0 aromatic carbocycles. The van der Waals surface area contributed by atoms with Gasteiger partial charge in [-0.25, -0.2) is 4.98 Å². The molecule has 74 valence electrons. The van der Waals surface area contributed by atoms with Gasteiger partial charge in [-0.05, 0) is 11.6 Å². The summed E-state index contributed by atoms with van der Waals surface area (Å²) in [6.45, 7) is 0. The molecular formula is C10H13N3O. The minimum absolute atomic E-state index is 0.327. The maximum atomic E-state index is 5.00. The van der Waals surface area contributed by atoms with Gasteiger partial charge in [-0.1, -0.05) is 0 Å². The molecule has 2 heterocycles. The zero-order valence-corrected chi connectivity index (χ0v) is 8.34. The van der Waals surface area contributed by atoms with Crippen molar-refractivity contribution in [3.8, 4) is 5.88 Å². The van der Waals surface area contributed by atoms with Gasteiger partial charge in [0.1, 0.15) is 0 Å². The molecule has 1 aliphatic rings. The van der Waals surface area contributed by atoms with Crippen LogP contribution < -0.4 is 4.74 Å². The highest BCUT2D eigenvalue weighted by atomic mass is 16.5. The summed E-state index contributed by atoms with van der Waals surface area (Å²) < 4.78 is 5.00. The highest BCUT2D eigenvalue weighted by Crippen LogP contribution is 2.26. The first-order valence-corrected chi connectivity index (χ1v) is 4.56. The van der Waals surface area contributed by atoms with Gasteiger partial charge in [0.05, 0.1) is 13.2 Å². The van der Waals surface area contributed by atoms with E-state index in [-0.39, 0.29) is 0 Å². The van der Waals surface area contributed by atoms with Crippen molar-refractivity contribution in [3.05, 3.63) is 23.9 Å². The average Bonchev–Trinajstić information content (AvgIpc) is 2.65. The Bertz CT molecular complexity index is 334. The number of ether oxygens (including phenoxy) is 1. The minimum atomic E-state index is 0.327. The number of methoxy groups -OCH3 is 1. The Hall–Kier alpha value is -1.58. The van der Waals surface area contributed by atoms with Crippen molar-refractivity contribution in [1.29, 1.82) is 0 Å². The second-order valence-electron chi connectivity index (χ2n) is 3.26. The van der Waals surface area contributed by atoms with Crippen molar-refractivity contribution in [2.75, 3.05) is 14.2 Å². The molecule has 14 heavy (non-hydrogen) atoms. The van der Waals surface area contributed by atoms with Gasteiger partial charge in [-0.15, -0.1) is 0 Å². The van der Waals surface area contributed by atoms with Crippen molar-refractivity contribution in [3.63, 3.8) is 0 Å². The smallest absolute Gasteiger partial charge is 0.212 e.